The van der Waals surface area contributed by atoms with Crippen molar-refractivity contribution < 1.29 is 0 Å². The van der Waals surface area contributed by atoms with Crippen LogP contribution in [-0.4, -0.2) is 34.6 Å². The summed E-state index contributed by atoms with van der Waals surface area (Å²) in [6.07, 6.45) is 4.47. The summed E-state index contributed by atoms with van der Waals surface area (Å²) in [5.41, 5.74) is 2.15. The minimum atomic E-state index is 0.969. The van der Waals surface area contributed by atoms with E-state index in [1.54, 1.807) is 12.4 Å². The lowest BCUT2D eigenvalue weighted by molar-refractivity contribution is 0.706. The largest absolute Gasteiger partial charge is 0.316 e. The molecule has 1 N–H and O–H groups in total. The maximum atomic E-state index is 4.30. The van der Waals surface area contributed by atoms with Gasteiger partial charge in [0.2, 0.25) is 0 Å². The van der Waals surface area contributed by atoms with Gasteiger partial charge >= 0.3 is 0 Å². The van der Waals surface area contributed by atoms with Crippen LogP contribution in [0.25, 0.3) is 0 Å². The van der Waals surface area contributed by atoms with Crippen LogP contribution in [0, 0.1) is 6.92 Å². The molecule has 1 heterocycles. The first kappa shape index (κ1) is 12.5. The van der Waals surface area contributed by atoms with Crippen molar-refractivity contribution in [2.45, 2.75) is 20.3 Å². The zero-order valence-corrected chi connectivity index (χ0v) is 10.3. The number of aromatic nitrogens is 2. The Bertz CT molecular complexity index is 278. The second-order valence-electron chi connectivity index (χ2n) is 3.29. The molecule has 84 valence electrons. The van der Waals surface area contributed by atoms with E-state index < -0.39 is 0 Å². The van der Waals surface area contributed by atoms with Crippen molar-refractivity contribution in [3.05, 3.63) is 23.8 Å². The summed E-state index contributed by atoms with van der Waals surface area (Å²) in [6.45, 7) is 6.27. The highest BCUT2D eigenvalue weighted by molar-refractivity contribution is 7.99. The summed E-state index contributed by atoms with van der Waals surface area (Å²) in [7, 11) is 0. The minimum absolute atomic E-state index is 0.969. The lowest BCUT2D eigenvalue weighted by Gasteiger charge is -2.05. The summed E-state index contributed by atoms with van der Waals surface area (Å²) >= 11 is 1.97. The predicted octanol–water partition coefficient (Wildman–Crippen LogP) is 1.67. The predicted molar refractivity (Wildman–Crippen MR) is 66.3 cm³/mol. The molecule has 0 unspecified atom stereocenters. The van der Waals surface area contributed by atoms with Crippen LogP contribution in [0.4, 0.5) is 0 Å². The lowest BCUT2D eigenvalue weighted by atomic mass is 10.2. The third-order valence-electron chi connectivity index (χ3n) is 2.15. The van der Waals surface area contributed by atoms with E-state index in [9.17, 15) is 0 Å². The van der Waals surface area contributed by atoms with E-state index in [0.29, 0.717) is 0 Å². The van der Waals surface area contributed by atoms with E-state index in [4.69, 9.17) is 0 Å². The molecule has 0 fully saturated rings. The van der Waals surface area contributed by atoms with Crippen LogP contribution >= 0.6 is 11.8 Å². The number of nitrogens with one attached hydrogen (secondary N) is 1. The average molecular weight is 225 g/mol. The van der Waals surface area contributed by atoms with E-state index in [2.05, 4.69) is 22.2 Å². The Labute approximate surface area is 96.1 Å². The first-order valence-corrected chi connectivity index (χ1v) is 6.55. The summed E-state index contributed by atoms with van der Waals surface area (Å²) in [4.78, 5) is 8.52. The van der Waals surface area contributed by atoms with Crippen LogP contribution in [0.5, 0.6) is 0 Å². The Hall–Kier alpha value is -0.610. The van der Waals surface area contributed by atoms with Crippen molar-refractivity contribution in [2.24, 2.45) is 0 Å². The summed E-state index contributed by atoms with van der Waals surface area (Å²) in [6, 6.07) is 0. The molecule has 0 saturated carbocycles. The van der Waals surface area contributed by atoms with Crippen LogP contribution in [0.2, 0.25) is 0 Å². The van der Waals surface area contributed by atoms with Gasteiger partial charge in [-0.3, -0.25) is 9.97 Å². The zero-order chi connectivity index (χ0) is 10.9. The SMILES string of the molecule is CCSCCNCCc1nccnc1C. The number of hydrogen-bond acceptors (Lipinski definition) is 4. The molecule has 0 saturated heterocycles. The quantitative estimate of drug-likeness (QED) is 0.716. The van der Waals surface area contributed by atoms with Crippen molar-refractivity contribution in [3.63, 3.8) is 0 Å². The van der Waals surface area contributed by atoms with E-state index in [1.165, 1.54) is 11.5 Å². The third kappa shape index (κ3) is 5.14. The van der Waals surface area contributed by atoms with Crippen LogP contribution < -0.4 is 5.32 Å². The molecule has 0 bridgehead atoms. The minimum Gasteiger partial charge on any atom is -0.316 e. The molecule has 1 aromatic heterocycles. The van der Waals surface area contributed by atoms with E-state index in [1.807, 2.05) is 18.7 Å². The molecule has 3 nitrogen and oxygen atoms in total. The topological polar surface area (TPSA) is 37.8 Å². The molecule has 0 radical (unpaired) electrons. The van der Waals surface area contributed by atoms with Gasteiger partial charge < -0.3 is 5.32 Å². The second kappa shape index (κ2) is 7.65. The fourth-order valence-corrected chi connectivity index (χ4v) is 1.88. The lowest BCUT2D eigenvalue weighted by Crippen LogP contribution is -2.21. The van der Waals surface area contributed by atoms with Crippen LogP contribution in [0.15, 0.2) is 12.4 Å². The number of hydrogen-bond donors (Lipinski definition) is 1. The molecule has 1 aromatic rings. The van der Waals surface area contributed by atoms with Crippen molar-refractivity contribution in [1.29, 1.82) is 0 Å². The smallest absolute Gasteiger partial charge is 0.0628 e. The molecule has 4 heteroatoms. The molecule has 0 atom stereocenters. The van der Waals surface area contributed by atoms with Crippen molar-refractivity contribution in [3.8, 4) is 0 Å². The number of nitrogens with zero attached hydrogens (tertiary/aromatic N) is 2. The van der Waals surface area contributed by atoms with E-state index in [0.717, 1.165) is 30.9 Å². The Morgan fingerprint density at radius 1 is 1.27 bits per heavy atom. The maximum absolute atomic E-state index is 4.30. The molecular formula is C11H19N3S. The molecular weight excluding hydrogens is 206 g/mol. The van der Waals surface area contributed by atoms with Gasteiger partial charge in [-0.05, 0) is 12.7 Å². The van der Waals surface area contributed by atoms with Gasteiger partial charge in [0, 0.05) is 37.7 Å². The normalized spacial score (nSPS) is 10.5. The molecule has 0 aliphatic heterocycles. The fraction of sp³-hybridized carbons (Fsp3) is 0.636. The van der Waals surface area contributed by atoms with Gasteiger partial charge in [-0.15, -0.1) is 0 Å². The standard InChI is InChI=1S/C11H19N3S/c1-3-15-9-8-12-5-4-11-10(2)13-6-7-14-11/h6-7,12H,3-5,8-9H2,1-2H3. The molecule has 0 amide bonds. The van der Waals surface area contributed by atoms with E-state index >= 15 is 0 Å². The molecule has 15 heavy (non-hydrogen) atoms. The molecule has 0 spiro atoms. The van der Waals surface area contributed by atoms with Crippen molar-refractivity contribution >= 4 is 11.8 Å². The van der Waals surface area contributed by atoms with Gasteiger partial charge in [0.05, 0.1) is 11.4 Å². The van der Waals surface area contributed by atoms with Gasteiger partial charge in [-0.25, -0.2) is 0 Å². The average Bonchev–Trinajstić information content (AvgIpc) is 2.25. The summed E-state index contributed by atoms with van der Waals surface area (Å²) < 4.78 is 0. The molecule has 0 aliphatic carbocycles. The molecule has 0 aliphatic rings. The summed E-state index contributed by atoms with van der Waals surface area (Å²) in [5, 5.41) is 3.41. The fourth-order valence-electron chi connectivity index (χ4n) is 1.30. The van der Waals surface area contributed by atoms with Gasteiger partial charge in [-0.2, -0.15) is 11.8 Å². The summed E-state index contributed by atoms with van der Waals surface area (Å²) in [5.74, 6) is 2.39. The Morgan fingerprint density at radius 2 is 2.07 bits per heavy atom. The number of thioether (sulfide) groups is 1. The van der Waals surface area contributed by atoms with Gasteiger partial charge in [0.1, 0.15) is 0 Å². The van der Waals surface area contributed by atoms with Crippen molar-refractivity contribution in [1.82, 2.24) is 15.3 Å². The monoisotopic (exact) mass is 225 g/mol. The van der Waals surface area contributed by atoms with Crippen LogP contribution in [0.3, 0.4) is 0 Å². The number of aryl methyl sites for hydroxylation is 1. The second-order valence-corrected chi connectivity index (χ2v) is 4.68. The molecule has 1 rings (SSSR count). The van der Waals surface area contributed by atoms with Crippen LogP contribution in [0.1, 0.15) is 18.3 Å². The first-order valence-electron chi connectivity index (χ1n) is 5.39. The van der Waals surface area contributed by atoms with Gasteiger partial charge in [0.25, 0.3) is 0 Å². The third-order valence-corrected chi connectivity index (χ3v) is 3.05. The van der Waals surface area contributed by atoms with E-state index in [-0.39, 0.29) is 0 Å². The highest BCUT2D eigenvalue weighted by atomic mass is 32.2. The highest BCUT2D eigenvalue weighted by Gasteiger charge is 1.98. The Kier molecular flexibility index (Phi) is 6.36. The van der Waals surface area contributed by atoms with Gasteiger partial charge in [-0.1, -0.05) is 6.92 Å². The first-order chi connectivity index (χ1) is 7.34. The van der Waals surface area contributed by atoms with Gasteiger partial charge in [0.15, 0.2) is 0 Å². The Morgan fingerprint density at radius 3 is 2.80 bits per heavy atom. The molecule has 0 aromatic carbocycles. The van der Waals surface area contributed by atoms with Crippen molar-refractivity contribution in [2.75, 3.05) is 24.6 Å². The van der Waals surface area contributed by atoms with Crippen LogP contribution in [-0.2, 0) is 6.42 Å². The maximum Gasteiger partial charge on any atom is 0.0628 e. The highest BCUT2D eigenvalue weighted by Crippen LogP contribution is 1.99. The number of rotatable bonds is 7. The Balaban J connectivity index is 2.12. The zero-order valence-electron chi connectivity index (χ0n) is 9.49.